The van der Waals surface area contributed by atoms with E-state index in [9.17, 15) is 0 Å². The van der Waals surface area contributed by atoms with Gasteiger partial charge in [0, 0.05) is 49.4 Å². The van der Waals surface area contributed by atoms with Crippen molar-refractivity contribution in [1.29, 1.82) is 0 Å². The second-order valence-electron chi connectivity index (χ2n) is 9.12. The zero-order valence-electron chi connectivity index (χ0n) is 17.6. The van der Waals surface area contributed by atoms with Crippen LogP contribution in [0.25, 0.3) is 0 Å². The molecule has 3 N–H and O–H groups in total. The fourth-order valence-corrected chi connectivity index (χ4v) is 4.76. The first-order valence-electron chi connectivity index (χ1n) is 11.4. The molecule has 2 aliphatic heterocycles. The molecule has 2 heterocycles. The number of halogens is 1. The van der Waals surface area contributed by atoms with Gasteiger partial charge in [0.15, 0.2) is 0 Å². The largest absolute Gasteiger partial charge is 0.321 e. The molecule has 0 spiro atoms. The summed E-state index contributed by atoms with van der Waals surface area (Å²) in [6.45, 7) is 9.53. The maximum absolute atomic E-state index is 6.79. The molecular formula is C23H36ClN5. The van der Waals surface area contributed by atoms with Crippen molar-refractivity contribution in [2.75, 3.05) is 52.4 Å². The summed E-state index contributed by atoms with van der Waals surface area (Å²) >= 11 is 6.12. The van der Waals surface area contributed by atoms with Gasteiger partial charge in [-0.3, -0.25) is 4.99 Å². The van der Waals surface area contributed by atoms with Crippen LogP contribution < -0.4 is 11.1 Å². The second-order valence-corrected chi connectivity index (χ2v) is 9.56. The van der Waals surface area contributed by atoms with Gasteiger partial charge in [-0.2, -0.15) is 0 Å². The van der Waals surface area contributed by atoms with Crippen LogP contribution in [0.1, 0.15) is 44.1 Å². The fourth-order valence-electron chi connectivity index (χ4n) is 4.60. The Morgan fingerprint density at radius 3 is 2.55 bits per heavy atom. The molecule has 1 aliphatic carbocycles. The highest BCUT2D eigenvalue weighted by Gasteiger charge is 2.31. The first kappa shape index (κ1) is 21.3. The van der Waals surface area contributed by atoms with Gasteiger partial charge < -0.3 is 20.9 Å². The number of fused-ring (bicyclic) bond motifs is 1. The molecule has 0 bridgehead atoms. The highest BCUT2D eigenvalue weighted by Crippen LogP contribution is 2.38. The van der Waals surface area contributed by atoms with Crippen LogP contribution in [0.2, 0.25) is 5.02 Å². The Kier molecular flexibility index (Phi) is 7.25. The van der Waals surface area contributed by atoms with E-state index < -0.39 is 0 Å². The monoisotopic (exact) mass is 417 g/mol. The lowest BCUT2D eigenvalue weighted by atomic mass is 9.81. The summed E-state index contributed by atoms with van der Waals surface area (Å²) in [5.41, 5.74) is 8.56. The van der Waals surface area contributed by atoms with Crippen molar-refractivity contribution in [2.45, 2.75) is 44.1 Å². The van der Waals surface area contributed by atoms with Gasteiger partial charge in [-0.1, -0.05) is 17.7 Å². The Bertz CT molecular complexity index is 697. The number of nitrogens with two attached hydrogens (primary N) is 1. The molecule has 3 aliphatic rings. The van der Waals surface area contributed by atoms with Gasteiger partial charge in [-0.25, -0.2) is 0 Å². The SMILES string of the molecule is NC1(CCCN2CCN(CCCNCC3CC3)CC2)CC=Nc2cc(Cl)ccc21. The van der Waals surface area contributed by atoms with Crippen LogP contribution in [0.3, 0.4) is 0 Å². The normalized spacial score (nSPS) is 25.3. The molecule has 1 aromatic carbocycles. The standard InChI is InChI=1S/C23H36ClN5/c24-20-5-6-21-22(17-20)27-10-8-23(21,25)7-1-11-28-13-15-29(16-14-28)12-2-9-26-18-19-3-4-19/h5-6,10,17,19,26H,1-4,7-9,11-16,18,25H2. The molecule has 1 saturated carbocycles. The first-order valence-corrected chi connectivity index (χ1v) is 11.8. The third-order valence-corrected chi connectivity index (χ3v) is 6.94. The zero-order chi connectivity index (χ0) is 20.1. The van der Waals surface area contributed by atoms with Crippen molar-refractivity contribution in [3.8, 4) is 0 Å². The molecule has 160 valence electrons. The van der Waals surface area contributed by atoms with E-state index in [1.165, 1.54) is 65.1 Å². The van der Waals surface area contributed by atoms with Gasteiger partial charge in [0.1, 0.15) is 0 Å². The number of aliphatic imine (C=N–C) groups is 1. The van der Waals surface area contributed by atoms with E-state index in [1.807, 2.05) is 18.3 Å². The van der Waals surface area contributed by atoms with Crippen LogP contribution in [-0.4, -0.2) is 68.4 Å². The Morgan fingerprint density at radius 1 is 1.10 bits per heavy atom. The maximum Gasteiger partial charge on any atom is 0.0691 e. The predicted molar refractivity (Wildman–Crippen MR) is 122 cm³/mol. The molecule has 1 atom stereocenters. The van der Waals surface area contributed by atoms with Gasteiger partial charge in [-0.05, 0) is 81.9 Å². The van der Waals surface area contributed by atoms with Crippen LogP contribution in [0, 0.1) is 5.92 Å². The Hall–Kier alpha value is -0.980. The molecule has 0 radical (unpaired) electrons. The number of nitrogens with one attached hydrogen (secondary N) is 1. The third-order valence-electron chi connectivity index (χ3n) is 6.70. The van der Waals surface area contributed by atoms with Crippen molar-refractivity contribution >= 4 is 23.5 Å². The van der Waals surface area contributed by atoms with Gasteiger partial charge in [0.05, 0.1) is 5.69 Å². The van der Waals surface area contributed by atoms with E-state index in [0.717, 1.165) is 48.0 Å². The smallest absolute Gasteiger partial charge is 0.0691 e. The Labute approximate surface area is 180 Å². The van der Waals surface area contributed by atoms with E-state index >= 15 is 0 Å². The number of nitrogens with zero attached hydrogens (tertiary/aromatic N) is 3. The molecule has 0 amide bonds. The van der Waals surface area contributed by atoms with Gasteiger partial charge in [-0.15, -0.1) is 0 Å². The summed E-state index contributed by atoms with van der Waals surface area (Å²) in [6.07, 6.45) is 9.02. The highest BCUT2D eigenvalue weighted by atomic mass is 35.5. The van der Waals surface area contributed by atoms with E-state index in [2.05, 4.69) is 26.2 Å². The molecule has 29 heavy (non-hydrogen) atoms. The number of piperazine rings is 1. The molecule has 1 aromatic rings. The minimum absolute atomic E-state index is 0.309. The van der Waals surface area contributed by atoms with Crippen molar-refractivity contribution in [3.63, 3.8) is 0 Å². The number of hydrogen-bond donors (Lipinski definition) is 2. The topological polar surface area (TPSA) is 56.9 Å². The lowest BCUT2D eigenvalue weighted by molar-refractivity contribution is 0.127. The Morgan fingerprint density at radius 2 is 1.83 bits per heavy atom. The minimum Gasteiger partial charge on any atom is -0.321 e. The molecule has 5 nitrogen and oxygen atoms in total. The number of benzene rings is 1. The van der Waals surface area contributed by atoms with Gasteiger partial charge >= 0.3 is 0 Å². The minimum atomic E-state index is -0.309. The maximum atomic E-state index is 6.79. The zero-order valence-corrected chi connectivity index (χ0v) is 18.3. The van der Waals surface area contributed by atoms with E-state index in [4.69, 9.17) is 17.3 Å². The second kappa shape index (κ2) is 9.88. The third kappa shape index (κ3) is 6.02. The van der Waals surface area contributed by atoms with Crippen LogP contribution in [0.15, 0.2) is 23.2 Å². The van der Waals surface area contributed by atoms with Crippen molar-refractivity contribution in [3.05, 3.63) is 28.8 Å². The van der Waals surface area contributed by atoms with Crippen molar-refractivity contribution in [2.24, 2.45) is 16.6 Å². The first-order chi connectivity index (χ1) is 14.1. The average molecular weight is 418 g/mol. The van der Waals surface area contributed by atoms with Crippen molar-refractivity contribution in [1.82, 2.24) is 15.1 Å². The fraction of sp³-hybridized carbons (Fsp3) is 0.696. The van der Waals surface area contributed by atoms with Gasteiger partial charge in [0.25, 0.3) is 0 Å². The quantitative estimate of drug-likeness (QED) is 0.573. The Balaban J connectivity index is 1.13. The highest BCUT2D eigenvalue weighted by molar-refractivity contribution is 6.30. The van der Waals surface area contributed by atoms with Crippen LogP contribution in [0.5, 0.6) is 0 Å². The summed E-state index contributed by atoms with van der Waals surface area (Å²) in [5.74, 6) is 0.985. The van der Waals surface area contributed by atoms with Crippen LogP contribution in [-0.2, 0) is 5.54 Å². The van der Waals surface area contributed by atoms with E-state index in [0.29, 0.717) is 0 Å². The molecule has 4 rings (SSSR count). The molecule has 1 unspecified atom stereocenters. The molecule has 1 saturated heterocycles. The van der Waals surface area contributed by atoms with Crippen LogP contribution >= 0.6 is 11.6 Å². The lowest BCUT2D eigenvalue weighted by Gasteiger charge is -2.36. The number of hydrogen-bond acceptors (Lipinski definition) is 5. The molecular weight excluding hydrogens is 382 g/mol. The van der Waals surface area contributed by atoms with E-state index in [1.54, 1.807) is 0 Å². The predicted octanol–water partition coefficient (Wildman–Crippen LogP) is 3.39. The van der Waals surface area contributed by atoms with Gasteiger partial charge in [0.2, 0.25) is 0 Å². The summed E-state index contributed by atoms with van der Waals surface area (Å²) in [4.78, 5) is 9.72. The summed E-state index contributed by atoms with van der Waals surface area (Å²) < 4.78 is 0. The lowest BCUT2D eigenvalue weighted by Crippen LogP contribution is -2.47. The van der Waals surface area contributed by atoms with Crippen LogP contribution in [0.4, 0.5) is 5.69 Å². The summed E-state index contributed by atoms with van der Waals surface area (Å²) in [5, 5.41) is 4.33. The average Bonchev–Trinajstić information content (AvgIpc) is 3.53. The molecule has 6 heteroatoms. The summed E-state index contributed by atoms with van der Waals surface area (Å²) in [7, 11) is 0. The molecule has 2 fully saturated rings. The molecule has 0 aromatic heterocycles. The van der Waals surface area contributed by atoms with Crippen molar-refractivity contribution < 1.29 is 0 Å². The summed E-state index contributed by atoms with van der Waals surface area (Å²) in [6, 6.07) is 5.92. The number of rotatable bonds is 10. The van der Waals surface area contributed by atoms with E-state index in [-0.39, 0.29) is 5.54 Å².